The maximum atomic E-state index is 12.9. The molecule has 1 amide bonds. The summed E-state index contributed by atoms with van der Waals surface area (Å²) < 4.78 is 0. The van der Waals surface area contributed by atoms with Crippen molar-refractivity contribution in [2.45, 2.75) is 13.8 Å². The molecule has 2 heterocycles. The zero-order valence-corrected chi connectivity index (χ0v) is 17.0. The topological polar surface area (TPSA) is 95.4 Å². The van der Waals surface area contributed by atoms with Gasteiger partial charge in [-0.25, -0.2) is 0 Å². The van der Waals surface area contributed by atoms with Crippen molar-refractivity contribution < 1.29 is 9.72 Å². The van der Waals surface area contributed by atoms with Gasteiger partial charge in [0.2, 0.25) is 0 Å². The molecule has 30 heavy (non-hydrogen) atoms. The maximum absolute atomic E-state index is 12.9. The Labute approximate surface area is 174 Å². The first-order chi connectivity index (χ1) is 14.4. The van der Waals surface area contributed by atoms with Crippen molar-refractivity contribution in [1.82, 2.24) is 15.1 Å². The molecular formula is C22H23N5O3. The number of nitro groups is 1. The van der Waals surface area contributed by atoms with Crippen LogP contribution in [0.15, 0.2) is 48.5 Å². The molecule has 1 saturated heterocycles. The molecule has 2 aromatic carbocycles. The van der Waals surface area contributed by atoms with E-state index in [4.69, 9.17) is 0 Å². The summed E-state index contributed by atoms with van der Waals surface area (Å²) in [5.41, 5.74) is 5.57. The minimum Gasteiger partial charge on any atom is -0.368 e. The summed E-state index contributed by atoms with van der Waals surface area (Å²) in [4.78, 5) is 27.2. The summed E-state index contributed by atoms with van der Waals surface area (Å²) in [6, 6.07) is 14.5. The molecule has 1 aromatic heterocycles. The Hall–Kier alpha value is -3.68. The Morgan fingerprint density at radius 2 is 1.73 bits per heavy atom. The second-order valence-corrected chi connectivity index (χ2v) is 7.54. The lowest BCUT2D eigenvalue weighted by atomic mass is 10.0. The number of aromatic amines is 1. The molecule has 0 bridgehead atoms. The second-order valence-electron chi connectivity index (χ2n) is 7.54. The van der Waals surface area contributed by atoms with Crippen LogP contribution in [0.1, 0.15) is 21.6 Å². The van der Waals surface area contributed by atoms with Crippen LogP contribution < -0.4 is 4.90 Å². The van der Waals surface area contributed by atoms with Gasteiger partial charge in [0.15, 0.2) is 0 Å². The number of hydrogen-bond donors (Lipinski definition) is 1. The molecule has 8 heteroatoms. The van der Waals surface area contributed by atoms with Crippen LogP contribution in [0.2, 0.25) is 0 Å². The van der Waals surface area contributed by atoms with Crippen molar-refractivity contribution in [3.63, 3.8) is 0 Å². The third-order valence-corrected chi connectivity index (χ3v) is 5.46. The first-order valence-corrected chi connectivity index (χ1v) is 9.84. The number of nitrogens with zero attached hydrogens (tertiary/aromatic N) is 4. The Balaban J connectivity index is 1.41. The van der Waals surface area contributed by atoms with Crippen molar-refractivity contribution in [1.29, 1.82) is 0 Å². The van der Waals surface area contributed by atoms with Gasteiger partial charge in [0.1, 0.15) is 5.69 Å². The predicted octanol–water partition coefficient (Wildman–Crippen LogP) is 3.56. The van der Waals surface area contributed by atoms with E-state index < -0.39 is 4.92 Å². The summed E-state index contributed by atoms with van der Waals surface area (Å²) in [7, 11) is 0. The zero-order valence-electron chi connectivity index (χ0n) is 17.0. The number of H-pyrrole nitrogens is 1. The van der Waals surface area contributed by atoms with Crippen molar-refractivity contribution in [3.8, 4) is 11.3 Å². The molecule has 8 nitrogen and oxygen atoms in total. The lowest BCUT2D eigenvalue weighted by Crippen LogP contribution is -2.48. The molecule has 3 aromatic rings. The highest BCUT2D eigenvalue weighted by Gasteiger charge is 2.24. The van der Waals surface area contributed by atoms with Gasteiger partial charge in [-0.1, -0.05) is 23.8 Å². The fourth-order valence-electron chi connectivity index (χ4n) is 3.79. The van der Waals surface area contributed by atoms with E-state index in [0.29, 0.717) is 31.9 Å². The molecule has 0 spiro atoms. The van der Waals surface area contributed by atoms with Crippen molar-refractivity contribution in [2.75, 3.05) is 31.1 Å². The van der Waals surface area contributed by atoms with E-state index in [-0.39, 0.29) is 11.6 Å². The monoisotopic (exact) mass is 405 g/mol. The highest BCUT2D eigenvalue weighted by atomic mass is 16.6. The van der Waals surface area contributed by atoms with Crippen molar-refractivity contribution in [2.24, 2.45) is 0 Å². The fraction of sp³-hybridized carbons (Fsp3) is 0.273. The van der Waals surface area contributed by atoms with E-state index in [2.05, 4.69) is 21.2 Å². The number of nitro benzene ring substituents is 1. The van der Waals surface area contributed by atoms with E-state index in [1.54, 1.807) is 17.0 Å². The van der Waals surface area contributed by atoms with Gasteiger partial charge in [-0.05, 0) is 37.6 Å². The molecule has 4 rings (SSSR count). The minimum atomic E-state index is -0.406. The standard InChI is InChI=1S/C22H23N5O3/c1-15-3-8-19(16(2)13-15)20-14-21(24-23-20)22(28)26-11-9-25(10-12-26)17-4-6-18(7-5-17)27(29)30/h3-8,13-14H,9-12H2,1-2H3,(H,23,24). The van der Waals surface area contributed by atoms with Gasteiger partial charge >= 0.3 is 0 Å². The largest absolute Gasteiger partial charge is 0.368 e. The highest BCUT2D eigenvalue weighted by Crippen LogP contribution is 2.24. The van der Waals surface area contributed by atoms with Crippen LogP contribution in [-0.4, -0.2) is 52.1 Å². The Kier molecular flexibility index (Phi) is 5.22. The van der Waals surface area contributed by atoms with Crippen LogP contribution in [0.25, 0.3) is 11.3 Å². The van der Waals surface area contributed by atoms with Gasteiger partial charge in [-0.3, -0.25) is 20.0 Å². The number of aryl methyl sites for hydroxylation is 2. The van der Waals surface area contributed by atoms with Crippen LogP contribution in [-0.2, 0) is 0 Å². The van der Waals surface area contributed by atoms with Crippen LogP contribution in [0.4, 0.5) is 11.4 Å². The SMILES string of the molecule is Cc1ccc(-c2cc(C(=O)N3CCN(c4ccc([N+](=O)[O-])cc4)CC3)[nH]n2)c(C)c1. The molecule has 154 valence electrons. The summed E-state index contributed by atoms with van der Waals surface area (Å²) in [5, 5.41) is 18.0. The van der Waals surface area contributed by atoms with Crippen molar-refractivity contribution >= 4 is 17.3 Å². The molecular weight excluding hydrogens is 382 g/mol. The number of non-ortho nitro benzene ring substituents is 1. The number of rotatable bonds is 4. The molecule has 1 aliphatic rings. The van der Waals surface area contributed by atoms with Gasteiger partial charge in [0.05, 0.1) is 10.6 Å². The van der Waals surface area contributed by atoms with E-state index >= 15 is 0 Å². The number of piperazine rings is 1. The first-order valence-electron chi connectivity index (χ1n) is 9.84. The molecule has 1 fully saturated rings. The van der Waals surface area contributed by atoms with Gasteiger partial charge in [0.25, 0.3) is 11.6 Å². The predicted molar refractivity (Wildman–Crippen MR) is 115 cm³/mol. The number of hydrogen-bond acceptors (Lipinski definition) is 5. The number of carbonyl (C=O) groups is 1. The number of amides is 1. The minimum absolute atomic E-state index is 0.0677. The average Bonchev–Trinajstić information content (AvgIpc) is 3.23. The lowest BCUT2D eigenvalue weighted by Gasteiger charge is -2.35. The van der Waals surface area contributed by atoms with Gasteiger partial charge < -0.3 is 9.80 Å². The summed E-state index contributed by atoms with van der Waals surface area (Å²) in [6.07, 6.45) is 0. The van der Waals surface area contributed by atoms with Crippen LogP contribution >= 0.6 is 0 Å². The summed E-state index contributed by atoms with van der Waals surface area (Å²) >= 11 is 0. The highest BCUT2D eigenvalue weighted by molar-refractivity contribution is 5.93. The van der Waals surface area contributed by atoms with Gasteiger partial charge in [-0.15, -0.1) is 0 Å². The van der Waals surface area contributed by atoms with Gasteiger partial charge in [0, 0.05) is 49.6 Å². The molecule has 1 aliphatic heterocycles. The molecule has 0 saturated carbocycles. The van der Waals surface area contributed by atoms with E-state index in [0.717, 1.165) is 22.5 Å². The van der Waals surface area contributed by atoms with Crippen LogP contribution in [0, 0.1) is 24.0 Å². The molecule has 0 atom stereocenters. The second kappa shape index (κ2) is 7.98. The molecule has 0 radical (unpaired) electrons. The Bertz CT molecular complexity index is 1080. The zero-order chi connectivity index (χ0) is 21.3. The smallest absolute Gasteiger partial charge is 0.272 e. The average molecular weight is 405 g/mol. The van der Waals surface area contributed by atoms with Crippen LogP contribution in [0.5, 0.6) is 0 Å². The number of aromatic nitrogens is 2. The summed E-state index contributed by atoms with van der Waals surface area (Å²) in [6.45, 7) is 6.58. The molecule has 1 N–H and O–H groups in total. The number of benzene rings is 2. The summed E-state index contributed by atoms with van der Waals surface area (Å²) in [5.74, 6) is -0.0677. The first kappa shape index (κ1) is 19.6. The number of nitrogens with one attached hydrogen (secondary N) is 1. The quantitative estimate of drug-likeness (QED) is 0.529. The van der Waals surface area contributed by atoms with E-state index in [1.807, 2.05) is 32.0 Å². The van der Waals surface area contributed by atoms with Crippen molar-refractivity contribution in [3.05, 3.63) is 75.5 Å². The third kappa shape index (κ3) is 3.89. The fourth-order valence-corrected chi connectivity index (χ4v) is 3.79. The lowest BCUT2D eigenvalue weighted by molar-refractivity contribution is -0.384. The maximum Gasteiger partial charge on any atom is 0.272 e. The van der Waals surface area contributed by atoms with E-state index in [1.165, 1.54) is 17.7 Å². The number of anilines is 1. The Morgan fingerprint density at radius 3 is 2.37 bits per heavy atom. The van der Waals surface area contributed by atoms with E-state index in [9.17, 15) is 14.9 Å². The molecule has 0 unspecified atom stereocenters. The van der Waals surface area contributed by atoms with Crippen LogP contribution in [0.3, 0.4) is 0 Å². The normalized spacial score (nSPS) is 14.1. The number of carbonyl (C=O) groups excluding carboxylic acids is 1. The third-order valence-electron chi connectivity index (χ3n) is 5.46. The van der Waals surface area contributed by atoms with Gasteiger partial charge in [-0.2, -0.15) is 5.10 Å². The molecule has 0 aliphatic carbocycles. The Morgan fingerprint density at radius 1 is 1.03 bits per heavy atom.